The molecule has 0 fully saturated rings. The molecule has 0 saturated heterocycles. The van der Waals surface area contributed by atoms with Gasteiger partial charge in [-0.1, -0.05) is 71.1 Å². The summed E-state index contributed by atoms with van der Waals surface area (Å²) in [5, 5.41) is 0. The van der Waals surface area contributed by atoms with Crippen molar-refractivity contribution < 1.29 is 9.53 Å². The molecule has 0 aliphatic heterocycles. The van der Waals surface area contributed by atoms with Gasteiger partial charge in [0.2, 0.25) is 0 Å². The van der Waals surface area contributed by atoms with Gasteiger partial charge >= 0.3 is 5.97 Å². The number of hydrogen-bond donors (Lipinski definition) is 0. The molecule has 0 N–H and O–H groups in total. The van der Waals surface area contributed by atoms with E-state index in [1.165, 1.54) is 83.8 Å². The molecule has 2 nitrogen and oxygen atoms in total. The standard InChI is InChI=1S/C17H32O2/c1-3-4-5-6-7-8-9-10-11-12-13-14-15-16-19-17(2)18/h15-16H,3-14H2,1-2H3/b16-15+. The summed E-state index contributed by atoms with van der Waals surface area (Å²) in [5.41, 5.74) is 0. The van der Waals surface area contributed by atoms with Crippen LogP contribution >= 0.6 is 0 Å². The fraction of sp³-hybridized carbons (Fsp3) is 0.824. The average Bonchev–Trinajstić information content (AvgIpc) is 2.39. The summed E-state index contributed by atoms with van der Waals surface area (Å²) in [6.45, 7) is 3.69. The van der Waals surface area contributed by atoms with E-state index in [4.69, 9.17) is 4.74 Å². The van der Waals surface area contributed by atoms with Crippen molar-refractivity contribution in [3.8, 4) is 0 Å². The fourth-order valence-electron chi connectivity index (χ4n) is 2.14. The van der Waals surface area contributed by atoms with E-state index in [0.717, 1.165) is 6.42 Å². The minimum atomic E-state index is -0.241. The van der Waals surface area contributed by atoms with Gasteiger partial charge in [0.25, 0.3) is 0 Å². The first-order valence-corrected chi connectivity index (χ1v) is 8.09. The first-order valence-electron chi connectivity index (χ1n) is 8.09. The maximum absolute atomic E-state index is 10.5. The molecule has 0 aromatic rings. The number of ether oxygens (including phenoxy) is 1. The maximum Gasteiger partial charge on any atom is 0.307 e. The van der Waals surface area contributed by atoms with Crippen LogP contribution in [0.1, 0.15) is 90.9 Å². The van der Waals surface area contributed by atoms with Gasteiger partial charge in [-0.15, -0.1) is 0 Å². The van der Waals surface area contributed by atoms with E-state index in [1.54, 1.807) is 0 Å². The first kappa shape index (κ1) is 18.2. The van der Waals surface area contributed by atoms with E-state index in [-0.39, 0.29) is 5.97 Å². The second-order valence-corrected chi connectivity index (χ2v) is 5.31. The number of carbonyl (C=O) groups excluding carboxylic acids is 1. The van der Waals surface area contributed by atoms with E-state index in [0.29, 0.717) is 0 Å². The third-order valence-corrected chi connectivity index (χ3v) is 3.30. The Morgan fingerprint density at radius 1 is 0.842 bits per heavy atom. The highest BCUT2D eigenvalue weighted by atomic mass is 16.5. The lowest BCUT2D eigenvalue weighted by atomic mass is 10.1. The lowest BCUT2D eigenvalue weighted by Gasteiger charge is -2.01. The van der Waals surface area contributed by atoms with Crippen LogP contribution in [0.4, 0.5) is 0 Å². The van der Waals surface area contributed by atoms with Crippen LogP contribution in [-0.2, 0) is 9.53 Å². The summed E-state index contributed by atoms with van der Waals surface area (Å²) in [5.74, 6) is -0.241. The zero-order chi connectivity index (χ0) is 14.2. The van der Waals surface area contributed by atoms with Crippen molar-refractivity contribution in [3.05, 3.63) is 12.3 Å². The molecule has 19 heavy (non-hydrogen) atoms. The Morgan fingerprint density at radius 2 is 1.32 bits per heavy atom. The number of unbranched alkanes of at least 4 members (excludes halogenated alkanes) is 11. The molecular weight excluding hydrogens is 236 g/mol. The van der Waals surface area contributed by atoms with Gasteiger partial charge in [-0.25, -0.2) is 0 Å². The number of rotatable bonds is 13. The Morgan fingerprint density at radius 3 is 1.79 bits per heavy atom. The Kier molecular flexibility index (Phi) is 14.6. The monoisotopic (exact) mass is 268 g/mol. The van der Waals surface area contributed by atoms with Gasteiger partial charge in [0.15, 0.2) is 0 Å². The van der Waals surface area contributed by atoms with Crippen molar-refractivity contribution in [3.63, 3.8) is 0 Å². The molecule has 0 aliphatic rings. The van der Waals surface area contributed by atoms with Crippen molar-refractivity contribution in [2.75, 3.05) is 0 Å². The van der Waals surface area contributed by atoms with Crippen molar-refractivity contribution in [1.29, 1.82) is 0 Å². The minimum Gasteiger partial charge on any atom is -0.435 e. The Hall–Kier alpha value is -0.790. The van der Waals surface area contributed by atoms with E-state index in [1.807, 2.05) is 6.08 Å². The molecule has 0 aromatic heterocycles. The lowest BCUT2D eigenvalue weighted by Crippen LogP contribution is -1.89. The van der Waals surface area contributed by atoms with Gasteiger partial charge in [0, 0.05) is 6.92 Å². The van der Waals surface area contributed by atoms with Gasteiger partial charge in [0.1, 0.15) is 0 Å². The van der Waals surface area contributed by atoms with Gasteiger partial charge < -0.3 is 4.74 Å². The second kappa shape index (κ2) is 15.3. The largest absolute Gasteiger partial charge is 0.435 e. The van der Waals surface area contributed by atoms with E-state index in [2.05, 4.69) is 6.92 Å². The molecular formula is C17H32O2. The van der Waals surface area contributed by atoms with Crippen molar-refractivity contribution in [2.24, 2.45) is 0 Å². The quantitative estimate of drug-likeness (QED) is 0.241. The molecule has 0 spiro atoms. The Balaban J connectivity index is 3.02. The molecule has 112 valence electrons. The number of hydrogen-bond acceptors (Lipinski definition) is 2. The molecule has 0 saturated carbocycles. The Bertz CT molecular complexity index is 221. The fourth-order valence-corrected chi connectivity index (χ4v) is 2.14. The molecule has 2 heteroatoms. The zero-order valence-corrected chi connectivity index (χ0v) is 13.0. The van der Waals surface area contributed by atoms with Gasteiger partial charge in [-0.2, -0.15) is 0 Å². The predicted molar refractivity (Wildman–Crippen MR) is 82.0 cm³/mol. The molecule has 0 aromatic carbocycles. The normalized spacial score (nSPS) is 11.1. The van der Waals surface area contributed by atoms with Crippen molar-refractivity contribution >= 4 is 5.97 Å². The summed E-state index contributed by atoms with van der Waals surface area (Å²) in [6.07, 6.45) is 19.5. The molecule has 0 atom stereocenters. The van der Waals surface area contributed by atoms with E-state index in [9.17, 15) is 4.79 Å². The zero-order valence-electron chi connectivity index (χ0n) is 13.0. The number of esters is 1. The highest BCUT2D eigenvalue weighted by Gasteiger charge is 1.92. The average molecular weight is 268 g/mol. The van der Waals surface area contributed by atoms with Crippen LogP contribution in [0.5, 0.6) is 0 Å². The maximum atomic E-state index is 10.5. The number of carbonyl (C=O) groups is 1. The lowest BCUT2D eigenvalue weighted by molar-refractivity contribution is -0.135. The van der Waals surface area contributed by atoms with Crippen LogP contribution in [0.25, 0.3) is 0 Å². The summed E-state index contributed by atoms with van der Waals surface area (Å²) >= 11 is 0. The van der Waals surface area contributed by atoms with Gasteiger partial charge in [0.05, 0.1) is 6.26 Å². The molecule has 0 heterocycles. The second-order valence-electron chi connectivity index (χ2n) is 5.31. The highest BCUT2D eigenvalue weighted by molar-refractivity contribution is 5.66. The third kappa shape index (κ3) is 17.2. The minimum absolute atomic E-state index is 0.241. The van der Waals surface area contributed by atoms with Gasteiger partial charge in [-0.3, -0.25) is 4.79 Å². The molecule has 0 amide bonds. The van der Waals surface area contributed by atoms with E-state index < -0.39 is 0 Å². The first-order chi connectivity index (χ1) is 9.27. The third-order valence-electron chi connectivity index (χ3n) is 3.30. The molecule has 0 radical (unpaired) electrons. The van der Waals surface area contributed by atoms with Crippen molar-refractivity contribution in [1.82, 2.24) is 0 Å². The van der Waals surface area contributed by atoms with Crippen LogP contribution in [0.3, 0.4) is 0 Å². The highest BCUT2D eigenvalue weighted by Crippen LogP contribution is 2.11. The number of allylic oxidation sites excluding steroid dienone is 1. The molecule has 0 rings (SSSR count). The topological polar surface area (TPSA) is 26.3 Å². The summed E-state index contributed by atoms with van der Waals surface area (Å²) in [7, 11) is 0. The van der Waals surface area contributed by atoms with Crippen LogP contribution in [0.15, 0.2) is 12.3 Å². The van der Waals surface area contributed by atoms with Crippen LogP contribution < -0.4 is 0 Å². The van der Waals surface area contributed by atoms with Crippen LogP contribution in [0, 0.1) is 0 Å². The smallest absolute Gasteiger partial charge is 0.307 e. The Labute approximate surface area is 119 Å². The van der Waals surface area contributed by atoms with E-state index >= 15 is 0 Å². The van der Waals surface area contributed by atoms with Crippen molar-refractivity contribution in [2.45, 2.75) is 90.9 Å². The molecule has 0 aliphatic carbocycles. The predicted octanol–water partition coefficient (Wildman–Crippen LogP) is 5.76. The summed E-state index contributed by atoms with van der Waals surface area (Å²) in [6, 6.07) is 0. The SMILES string of the molecule is CCCCCCCCCCCCC/C=C/OC(C)=O. The van der Waals surface area contributed by atoms with Crippen LogP contribution in [0.2, 0.25) is 0 Å². The molecule has 0 bridgehead atoms. The van der Waals surface area contributed by atoms with Crippen LogP contribution in [-0.4, -0.2) is 5.97 Å². The summed E-state index contributed by atoms with van der Waals surface area (Å²) < 4.78 is 4.72. The molecule has 0 unspecified atom stereocenters. The van der Waals surface area contributed by atoms with Gasteiger partial charge in [-0.05, 0) is 18.9 Å². The summed E-state index contributed by atoms with van der Waals surface area (Å²) in [4.78, 5) is 10.5.